The minimum Gasteiger partial charge on any atom is -0.756 e. The van der Waals surface area contributed by atoms with Gasteiger partial charge in [0, 0.05) is 12.8 Å². The van der Waals surface area contributed by atoms with Crippen LogP contribution < -0.4 is 4.89 Å². The lowest BCUT2D eigenvalue weighted by molar-refractivity contribution is -0.870. The van der Waals surface area contributed by atoms with Crippen LogP contribution >= 0.6 is 7.82 Å². The number of hydrogen-bond donors (Lipinski definition) is 0. The molecule has 2 unspecified atom stereocenters. The van der Waals surface area contributed by atoms with E-state index in [0.29, 0.717) is 17.4 Å². The van der Waals surface area contributed by atoms with Crippen LogP contribution in [0.2, 0.25) is 0 Å². The number of ether oxygens (including phenoxy) is 2. The summed E-state index contributed by atoms with van der Waals surface area (Å²) >= 11 is 0. The minimum absolute atomic E-state index is 0.0285. The number of phosphoric acid groups is 1. The van der Waals surface area contributed by atoms with Gasteiger partial charge in [-0.15, -0.1) is 0 Å². The number of likely N-dealkylation sites (N-methyl/N-ethyl adjacent to an activating group) is 1. The van der Waals surface area contributed by atoms with Crippen molar-refractivity contribution in [3.63, 3.8) is 0 Å². The zero-order chi connectivity index (χ0) is 54.9. The first kappa shape index (κ1) is 73.5. The topological polar surface area (TPSA) is 111 Å². The van der Waals surface area contributed by atoms with E-state index in [9.17, 15) is 19.0 Å². The van der Waals surface area contributed by atoms with Gasteiger partial charge in [0.1, 0.15) is 19.8 Å². The second-order valence-electron chi connectivity index (χ2n) is 23.5. The van der Waals surface area contributed by atoms with Gasteiger partial charge in [0.15, 0.2) is 6.10 Å². The van der Waals surface area contributed by atoms with Gasteiger partial charge in [-0.2, -0.15) is 0 Å². The SMILES string of the molecule is CCCCCCCCC/C=C\CCCCCCCCCC(=O)OCC(COP(=O)([O-])OCC[N+](C)(C)C)OC(=O)CCCCCCCCCCCCCCCCCCCCCCC/C=C\CCCCCCCCCC. The quantitative estimate of drug-likeness (QED) is 0.0195. The molecule has 0 heterocycles. The van der Waals surface area contributed by atoms with Crippen LogP contribution in [0.5, 0.6) is 0 Å². The van der Waals surface area contributed by atoms with Gasteiger partial charge in [-0.25, -0.2) is 0 Å². The first-order valence-electron chi connectivity index (χ1n) is 32.5. The summed E-state index contributed by atoms with van der Waals surface area (Å²) in [4.78, 5) is 37.9. The standard InChI is InChI=1S/C65H126NO8P/c1-6-8-10-12-14-16-18-20-22-24-26-27-28-29-30-31-32-33-34-35-36-37-38-39-40-42-44-46-48-50-52-54-56-58-65(68)74-63(62-73-75(69,70)72-60-59-66(3,4)5)61-71-64(67)57-55-53-51-49-47-45-43-41-25-23-21-19-17-15-13-11-9-7-2/h23-26,63H,6-22,27-62H2,1-5H3/b25-23-,26-24-. The molecule has 10 heteroatoms. The van der Waals surface area contributed by atoms with Gasteiger partial charge in [0.05, 0.1) is 27.7 Å². The van der Waals surface area contributed by atoms with Gasteiger partial charge in [-0.1, -0.05) is 276 Å². The van der Waals surface area contributed by atoms with Crippen LogP contribution in [0.4, 0.5) is 0 Å². The van der Waals surface area contributed by atoms with Crippen molar-refractivity contribution in [3.05, 3.63) is 24.3 Å². The fourth-order valence-corrected chi connectivity index (χ4v) is 10.4. The molecule has 0 aromatic heterocycles. The third kappa shape index (κ3) is 61.6. The van der Waals surface area contributed by atoms with Gasteiger partial charge in [0.2, 0.25) is 0 Å². The molecule has 444 valence electrons. The Kier molecular flexibility index (Phi) is 56.0. The molecule has 0 rings (SSSR count). The van der Waals surface area contributed by atoms with E-state index >= 15 is 0 Å². The molecule has 0 aromatic carbocycles. The van der Waals surface area contributed by atoms with Gasteiger partial charge in [-0.3, -0.25) is 14.2 Å². The highest BCUT2D eigenvalue weighted by molar-refractivity contribution is 7.45. The molecule has 0 aliphatic carbocycles. The van der Waals surface area contributed by atoms with Crippen molar-refractivity contribution >= 4 is 19.8 Å². The number of hydrogen-bond acceptors (Lipinski definition) is 8. The normalized spacial score (nSPS) is 13.3. The number of esters is 2. The van der Waals surface area contributed by atoms with Crippen LogP contribution in [0.15, 0.2) is 24.3 Å². The molecule has 0 aliphatic heterocycles. The lowest BCUT2D eigenvalue weighted by atomic mass is 10.0. The van der Waals surface area contributed by atoms with E-state index < -0.39 is 26.5 Å². The van der Waals surface area contributed by atoms with Crippen LogP contribution in [0.1, 0.15) is 328 Å². The molecule has 0 amide bonds. The lowest BCUT2D eigenvalue weighted by Gasteiger charge is -2.28. The monoisotopic (exact) mass is 1080 g/mol. The molecule has 0 saturated heterocycles. The van der Waals surface area contributed by atoms with E-state index in [2.05, 4.69) is 38.2 Å². The van der Waals surface area contributed by atoms with Crippen molar-refractivity contribution in [3.8, 4) is 0 Å². The van der Waals surface area contributed by atoms with Crippen LogP contribution in [-0.2, 0) is 32.7 Å². The number of nitrogens with zero attached hydrogens (tertiary/aromatic N) is 1. The zero-order valence-electron chi connectivity index (χ0n) is 50.5. The molecule has 0 fully saturated rings. The molecule has 0 aliphatic rings. The fourth-order valence-electron chi connectivity index (χ4n) is 9.65. The maximum Gasteiger partial charge on any atom is 0.306 e. The van der Waals surface area contributed by atoms with E-state index in [1.807, 2.05) is 21.1 Å². The second-order valence-corrected chi connectivity index (χ2v) is 24.9. The van der Waals surface area contributed by atoms with Gasteiger partial charge in [-0.05, 0) is 64.2 Å². The number of unbranched alkanes of at least 4 members (excludes halogenated alkanes) is 43. The maximum absolute atomic E-state index is 12.8. The third-order valence-electron chi connectivity index (χ3n) is 14.7. The van der Waals surface area contributed by atoms with Crippen molar-refractivity contribution in [1.29, 1.82) is 0 Å². The van der Waals surface area contributed by atoms with Crippen LogP contribution in [0, 0.1) is 0 Å². The molecule has 0 spiro atoms. The van der Waals surface area contributed by atoms with Gasteiger partial charge < -0.3 is 27.9 Å². The summed E-state index contributed by atoms with van der Waals surface area (Å²) in [6.45, 7) is 4.29. The number of carbonyl (C=O) groups is 2. The summed E-state index contributed by atoms with van der Waals surface area (Å²) in [5.74, 6) is -0.820. The molecule has 75 heavy (non-hydrogen) atoms. The molecule has 9 nitrogen and oxygen atoms in total. The number of phosphoric ester groups is 1. The Morgan fingerprint density at radius 1 is 0.400 bits per heavy atom. The Balaban J connectivity index is 3.99. The average molecular weight is 1080 g/mol. The van der Waals surface area contributed by atoms with Crippen LogP contribution in [0.3, 0.4) is 0 Å². The Hall–Kier alpha value is -1.51. The zero-order valence-corrected chi connectivity index (χ0v) is 51.4. The van der Waals surface area contributed by atoms with Gasteiger partial charge >= 0.3 is 11.9 Å². The van der Waals surface area contributed by atoms with E-state index in [4.69, 9.17) is 18.5 Å². The summed E-state index contributed by atoms with van der Waals surface area (Å²) in [5, 5.41) is 0. The van der Waals surface area contributed by atoms with Crippen molar-refractivity contribution in [2.45, 2.75) is 335 Å². The number of carbonyl (C=O) groups excluding carboxylic acids is 2. The maximum atomic E-state index is 12.8. The number of allylic oxidation sites excluding steroid dienone is 4. The molecule has 0 saturated carbocycles. The summed E-state index contributed by atoms with van der Waals surface area (Å²) in [5.41, 5.74) is 0. The van der Waals surface area contributed by atoms with Crippen molar-refractivity contribution in [2.24, 2.45) is 0 Å². The Labute approximate surface area is 466 Å². The summed E-state index contributed by atoms with van der Waals surface area (Å²) in [7, 11) is 1.18. The Morgan fingerprint density at radius 3 is 0.987 bits per heavy atom. The molecule has 2 atom stereocenters. The molecular formula is C65H126NO8P. The van der Waals surface area contributed by atoms with E-state index in [1.54, 1.807) is 0 Å². The summed E-state index contributed by atoms with van der Waals surface area (Å²) in [6.07, 6.45) is 69.7. The summed E-state index contributed by atoms with van der Waals surface area (Å²) < 4.78 is 34.2. The molecular weight excluding hydrogens is 954 g/mol. The van der Waals surface area contributed by atoms with Gasteiger partial charge in [0.25, 0.3) is 7.82 Å². The summed E-state index contributed by atoms with van der Waals surface area (Å²) in [6, 6.07) is 0. The van der Waals surface area contributed by atoms with E-state index in [1.165, 1.54) is 257 Å². The first-order valence-corrected chi connectivity index (χ1v) is 34.0. The van der Waals surface area contributed by atoms with E-state index in [-0.39, 0.29) is 32.0 Å². The fraction of sp³-hybridized carbons (Fsp3) is 0.908. The van der Waals surface area contributed by atoms with Crippen LogP contribution in [0.25, 0.3) is 0 Å². The Bertz CT molecular complexity index is 1320. The lowest BCUT2D eigenvalue weighted by Crippen LogP contribution is -2.37. The smallest absolute Gasteiger partial charge is 0.306 e. The predicted octanol–water partition coefficient (Wildman–Crippen LogP) is 19.9. The molecule has 0 N–H and O–H groups in total. The third-order valence-corrected chi connectivity index (χ3v) is 15.7. The van der Waals surface area contributed by atoms with E-state index in [0.717, 1.165) is 38.5 Å². The second kappa shape index (κ2) is 57.2. The Morgan fingerprint density at radius 2 is 0.680 bits per heavy atom. The van der Waals surface area contributed by atoms with Crippen molar-refractivity contribution in [1.82, 2.24) is 0 Å². The first-order chi connectivity index (χ1) is 36.5. The molecule has 0 aromatic rings. The molecule has 0 bridgehead atoms. The predicted molar refractivity (Wildman–Crippen MR) is 319 cm³/mol. The van der Waals surface area contributed by atoms with Crippen LogP contribution in [-0.4, -0.2) is 70.0 Å². The highest BCUT2D eigenvalue weighted by Crippen LogP contribution is 2.38. The van der Waals surface area contributed by atoms with Crippen molar-refractivity contribution in [2.75, 3.05) is 47.5 Å². The highest BCUT2D eigenvalue weighted by Gasteiger charge is 2.22. The number of quaternary nitrogens is 1. The highest BCUT2D eigenvalue weighted by atomic mass is 31.2. The number of rotatable bonds is 61. The minimum atomic E-state index is -4.63. The molecule has 0 radical (unpaired) electrons. The largest absolute Gasteiger partial charge is 0.756 e. The van der Waals surface area contributed by atoms with Crippen molar-refractivity contribution < 1.29 is 42.1 Å². The average Bonchev–Trinajstić information content (AvgIpc) is 3.37.